The van der Waals surface area contributed by atoms with E-state index in [0.29, 0.717) is 0 Å². The molecule has 0 aliphatic heterocycles. The first-order valence-electron chi connectivity index (χ1n) is 9.50. The third kappa shape index (κ3) is 10.2. The maximum atomic E-state index is 12.1. The van der Waals surface area contributed by atoms with Crippen molar-refractivity contribution >= 4 is 37.9 Å². The van der Waals surface area contributed by atoms with Gasteiger partial charge in [0.25, 0.3) is 0 Å². The van der Waals surface area contributed by atoms with Crippen LogP contribution in [0.1, 0.15) is 53.0 Å². The van der Waals surface area contributed by atoms with Gasteiger partial charge in [0.05, 0.1) is 0 Å². The van der Waals surface area contributed by atoms with Crippen LogP contribution in [0, 0.1) is 0 Å². The van der Waals surface area contributed by atoms with Gasteiger partial charge < -0.3 is 4.43 Å². The Morgan fingerprint density at radius 1 is 1.24 bits per heavy atom. The molecule has 0 radical (unpaired) electrons. The molecule has 0 unspecified atom stereocenters. The summed E-state index contributed by atoms with van der Waals surface area (Å²) in [5.74, 6) is 0.0266. The summed E-state index contributed by atoms with van der Waals surface area (Å²) in [6.45, 7) is 14.9. The van der Waals surface area contributed by atoms with Gasteiger partial charge in [0, 0.05) is 0 Å². The molecule has 0 aliphatic carbocycles. The second kappa shape index (κ2) is 11.9. The molecule has 1 atom stereocenters. The first kappa shape index (κ1) is 24.4. The molecule has 0 spiro atoms. The summed E-state index contributed by atoms with van der Waals surface area (Å²) in [5, 5.41) is 1.46. The van der Waals surface area contributed by atoms with E-state index in [9.17, 15) is 4.79 Å². The molecule has 0 fully saturated rings. The van der Waals surface area contributed by atoms with E-state index in [1.807, 2.05) is 43.3 Å². The van der Waals surface area contributed by atoms with Crippen molar-refractivity contribution in [1.82, 2.24) is 0 Å². The van der Waals surface area contributed by atoms with Crippen LogP contribution >= 0.6 is 0 Å². The van der Waals surface area contributed by atoms with Crippen LogP contribution in [0.15, 0.2) is 36.4 Å². The molecule has 136 valence electrons. The van der Waals surface area contributed by atoms with E-state index in [1.165, 1.54) is 17.9 Å². The van der Waals surface area contributed by atoms with E-state index in [0.717, 1.165) is 5.56 Å². The van der Waals surface area contributed by atoms with Gasteiger partial charge in [0.2, 0.25) is 0 Å². The third-order valence-electron chi connectivity index (χ3n) is 4.62. The van der Waals surface area contributed by atoms with Crippen LogP contribution in [-0.4, -0.2) is 37.9 Å². The Bertz CT molecular complexity index is 516. The fourth-order valence-corrected chi connectivity index (χ4v) is 3.26. The molecule has 25 heavy (non-hydrogen) atoms. The Labute approximate surface area is 165 Å². The SMILES string of the molecule is C[C@H](O[Si](C)(C)C(C)(C)C)C(=O)C=Cc1ccccc1.[Li][CH2]CCC. The molecule has 2 nitrogen and oxygen atoms in total. The van der Waals surface area contributed by atoms with Crippen LogP contribution in [0.3, 0.4) is 0 Å². The number of benzene rings is 1. The average Bonchev–Trinajstić information content (AvgIpc) is 2.53. The van der Waals surface area contributed by atoms with Crippen molar-refractivity contribution < 1.29 is 9.22 Å². The van der Waals surface area contributed by atoms with Crippen LogP contribution in [0.2, 0.25) is 23.2 Å². The van der Waals surface area contributed by atoms with E-state index in [1.54, 1.807) is 6.08 Å². The van der Waals surface area contributed by atoms with E-state index < -0.39 is 8.32 Å². The molecule has 1 aromatic carbocycles. The van der Waals surface area contributed by atoms with Gasteiger partial charge in [0.15, 0.2) is 14.1 Å². The summed E-state index contributed by atoms with van der Waals surface area (Å²) in [6, 6.07) is 9.83. The molecule has 0 saturated heterocycles. The summed E-state index contributed by atoms with van der Waals surface area (Å²) >= 11 is 2.21. The number of rotatable bonds is 7. The summed E-state index contributed by atoms with van der Waals surface area (Å²) in [6.07, 6.45) is 5.81. The minimum atomic E-state index is -1.89. The topological polar surface area (TPSA) is 26.3 Å². The monoisotopic (exact) mass is 354 g/mol. The Morgan fingerprint density at radius 3 is 2.20 bits per heavy atom. The first-order chi connectivity index (χ1) is 11.5. The van der Waals surface area contributed by atoms with Gasteiger partial charge in [-0.05, 0) is 36.7 Å². The van der Waals surface area contributed by atoms with E-state index in [-0.39, 0.29) is 16.9 Å². The molecular formula is C21H35LiO2Si. The van der Waals surface area contributed by atoms with Crippen LogP contribution < -0.4 is 0 Å². The van der Waals surface area contributed by atoms with Crippen molar-refractivity contribution in [2.45, 2.75) is 76.8 Å². The van der Waals surface area contributed by atoms with Crippen LogP contribution in [0.5, 0.6) is 0 Å². The maximum absolute atomic E-state index is 12.1. The van der Waals surface area contributed by atoms with Gasteiger partial charge in [-0.1, -0.05) is 57.2 Å². The summed E-state index contributed by atoms with van der Waals surface area (Å²) < 4.78 is 6.09. The molecule has 0 N–H and O–H groups in total. The van der Waals surface area contributed by atoms with Crippen molar-refractivity contribution in [3.8, 4) is 0 Å². The summed E-state index contributed by atoms with van der Waals surface area (Å²) in [4.78, 5) is 12.1. The van der Waals surface area contributed by atoms with Crippen LogP contribution in [0.25, 0.3) is 6.08 Å². The Morgan fingerprint density at radius 2 is 1.80 bits per heavy atom. The van der Waals surface area contributed by atoms with Crippen molar-refractivity contribution in [2.75, 3.05) is 0 Å². The van der Waals surface area contributed by atoms with Crippen molar-refractivity contribution in [2.24, 2.45) is 0 Å². The number of ketones is 1. The molecule has 0 saturated carbocycles. The van der Waals surface area contributed by atoms with Crippen molar-refractivity contribution in [3.05, 3.63) is 42.0 Å². The van der Waals surface area contributed by atoms with Gasteiger partial charge >= 0.3 is 42.6 Å². The molecule has 0 aliphatic rings. The van der Waals surface area contributed by atoms with Gasteiger partial charge in [-0.3, -0.25) is 4.79 Å². The Balaban J connectivity index is 0.00000101. The second-order valence-corrected chi connectivity index (χ2v) is 12.8. The van der Waals surface area contributed by atoms with E-state index in [4.69, 9.17) is 4.43 Å². The number of unbranched alkanes of at least 4 members (excludes halogenated alkanes) is 1. The van der Waals surface area contributed by atoms with Gasteiger partial charge in [0.1, 0.15) is 6.10 Å². The van der Waals surface area contributed by atoms with Gasteiger partial charge in [-0.15, -0.1) is 0 Å². The average molecular weight is 355 g/mol. The number of carbonyl (C=O) groups excluding carboxylic acids is 1. The molecular weight excluding hydrogens is 319 g/mol. The number of hydrogen-bond acceptors (Lipinski definition) is 2. The molecule has 0 bridgehead atoms. The van der Waals surface area contributed by atoms with Crippen molar-refractivity contribution in [1.29, 1.82) is 0 Å². The molecule has 4 heteroatoms. The van der Waals surface area contributed by atoms with Crippen LogP contribution in [-0.2, 0) is 9.22 Å². The Hall–Kier alpha value is -0.596. The quantitative estimate of drug-likeness (QED) is 0.440. The van der Waals surface area contributed by atoms with E-state index >= 15 is 0 Å². The van der Waals surface area contributed by atoms with Crippen LogP contribution in [0.4, 0.5) is 0 Å². The minimum absolute atomic E-state index is 0.0266. The summed E-state index contributed by atoms with van der Waals surface area (Å²) in [7, 11) is -1.89. The standard InChI is InChI=1S/C17H26O2Si.C4H9.Li/c1-14(19-20(5,6)17(2,3)4)16(18)13-12-15-10-8-7-9-11-15;1-3-4-2;/h7-14H,1-6H3;1,3-4H2,2H3;/t14-;;/m0../s1. The Kier molecular flexibility index (Phi) is 11.6. The van der Waals surface area contributed by atoms with Gasteiger partial charge in [-0.25, -0.2) is 0 Å². The molecule has 0 heterocycles. The van der Waals surface area contributed by atoms with Crippen molar-refractivity contribution in [3.63, 3.8) is 0 Å². The van der Waals surface area contributed by atoms with E-state index in [2.05, 4.69) is 58.5 Å². The zero-order valence-corrected chi connectivity index (χ0v) is 18.6. The normalized spacial score (nSPS) is 13.3. The molecule has 1 rings (SSSR count). The number of hydrogen-bond donors (Lipinski definition) is 0. The van der Waals surface area contributed by atoms with Gasteiger partial charge in [-0.2, -0.15) is 0 Å². The number of carbonyl (C=O) groups is 1. The zero-order chi connectivity index (χ0) is 19.5. The molecule has 1 aromatic rings. The first-order valence-corrected chi connectivity index (χ1v) is 12.4. The molecule has 0 amide bonds. The summed E-state index contributed by atoms with van der Waals surface area (Å²) in [5.41, 5.74) is 1.03. The fraction of sp³-hybridized carbons (Fsp3) is 0.571. The predicted molar refractivity (Wildman–Crippen MR) is 114 cm³/mol. The molecule has 0 aromatic heterocycles. The third-order valence-corrected chi connectivity index (χ3v) is 9.18. The zero-order valence-electron chi connectivity index (χ0n) is 17.6. The second-order valence-electron chi connectivity index (χ2n) is 8.02. The predicted octanol–water partition coefficient (Wildman–Crippen LogP) is 6.05. The fourth-order valence-electron chi connectivity index (χ4n) is 1.91.